The molecule has 0 aliphatic heterocycles. The van der Waals surface area contributed by atoms with E-state index in [0.717, 1.165) is 44.5 Å². The highest BCUT2D eigenvalue weighted by atomic mass is 16.3. The highest BCUT2D eigenvalue weighted by Crippen LogP contribution is 2.40. The van der Waals surface area contributed by atoms with Gasteiger partial charge in [-0.25, -0.2) is 0 Å². The largest absolute Gasteiger partial charge is 0.456 e. The Morgan fingerprint density at radius 3 is 2.19 bits per heavy atom. The van der Waals surface area contributed by atoms with Crippen LogP contribution >= 0.6 is 0 Å². The number of aromatic nitrogens is 1. The van der Waals surface area contributed by atoms with E-state index in [-0.39, 0.29) is 5.41 Å². The first-order valence-electron chi connectivity index (χ1n) is 11.0. The highest BCUT2D eigenvalue weighted by Gasteiger charge is 2.30. The molecule has 32 heavy (non-hydrogen) atoms. The molecule has 0 radical (unpaired) electrons. The van der Waals surface area contributed by atoms with Gasteiger partial charge >= 0.3 is 0 Å². The fourth-order valence-corrected chi connectivity index (χ4v) is 4.71. The first-order chi connectivity index (χ1) is 15.6. The van der Waals surface area contributed by atoms with Crippen molar-refractivity contribution in [2.45, 2.75) is 19.3 Å². The summed E-state index contributed by atoms with van der Waals surface area (Å²) in [5.74, 6) is 0. The number of pyridine rings is 1. The molecule has 2 heterocycles. The summed E-state index contributed by atoms with van der Waals surface area (Å²) in [4.78, 5) is 5.24. The molecule has 2 heteroatoms. The Balaban J connectivity index is 1.62. The van der Waals surface area contributed by atoms with Gasteiger partial charge in [-0.2, -0.15) is 0 Å². The van der Waals surface area contributed by atoms with E-state index in [1.807, 2.05) is 18.2 Å². The lowest BCUT2D eigenvalue weighted by Gasteiger charge is -2.26. The van der Waals surface area contributed by atoms with Crippen LogP contribution in [0, 0.1) is 0 Å². The molecule has 2 aromatic heterocycles. The van der Waals surface area contributed by atoms with Crippen molar-refractivity contribution in [3.8, 4) is 11.3 Å². The molecule has 154 valence electrons. The fraction of sp³-hybridized carbons (Fsp3) is 0.100. The maximum atomic E-state index is 6.37. The molecule has 0 atom stereocenters. The Bertz CT molecular complexity index is 1590. The standard InChI is InChI=1S/C30H23NO/c1-30(2,25-17-10-16-24-23-15-8-9-18-26(23)32-29(24)25)27-19-21-13-6-7-14-22(21)28(31-27)20-11-4-3-5-12-20/h3-19H,1-2H3. The minimum Gasteiger partial charge on any atom is -0.456 e. The van der Waals surface area contributed by atoms with Crippen molar-refractivity contribution in [3.05, 3.63) is 114 Å². The molecule has 0 aliphatic carbocycles. The van der Waals surface area contributed by atoms with Crippen LogP contribution in [0.3, 0.4) is 0 Å². The van der Waals surface area contributed by atoms with Crippen LogP contribution in [0.4, 0.5) is 0 Å². The summed E-state index contributed by atoms with van der Waals surface area (Å²) < 4.78 is 6.37. The van der Waals surface area contributed by atoms with Crippen molar-refractivity contribution in [1.29, 1.82) is 0 Å². The van der Waals surface area contributed by atoms with Crippen LogP contribution in [0.15, 0.2) is 108 Å². The minimum absolute atomic E-state index is 0.346. The highest BCUT2D eigenvalue weighted by molar-refractivity contribution is 6.06. The summed E-state index contributed by atoms with van der Waals surface area (Å²) in [7, 11) is 0. The van der Waals surface area contributed by atoms with E-state index in [0.29, 0.717) is 0 Å². The van der Waals surface area contributed by atoms with Crippen molar-refractivity contribution in [1.82, 2.24) is 4.98 Å². The van der Waals surface area contributed by atoms with Crippen molar-refractivity contribution in [2.24, 2.45) is 0 Å². The van der Waals surface area contributed by atoms with E-state index >= 15 is 0 Å². The van der Waals surface area contributed by atoms with Crippen molar-refractivity contribution in [2.75, 3.05) is 0 Å². The Labute approximate surface area is 187 Å². The van der Waals surface area contributed by atoms with E-state index in [4.69, 9.17) is 9.40 Å². The molecule has 0 spiro atoms. The molecule has 0 saturated carbocycles. The molecule has 6 aromatic rings. The van der Waals surface area contributed by atoms with Crippen molar-refractivity contribution in [3.63, 3.8) is 0 Å². The average Bonchev–Trinajstić information content (AvgIpc) is 3.22. The lowest BCUT2D eigenvalue weighted by molar-refractivity contribution is 0.594. The SMILES string of the molecule is CC(C)(c1cc2ccccc2c(-c2ccccc2)n1)c1cccc2c1oc1ccccc12. The lowest BCUT2D eigenvalue weighted by Crippen LogP contribution is -2.21. The van der Waals surface area contributed by atoms with E-state index in [2.05, 4.69) is 98.8 Å². The first-order valence-corrected chi connectivity index (χ1v) is 11.0. The summed E-state index contributed by atoms with van der Waals surface area (Å²) in [5.41, 5.74) is 5.83. The number of rotatable bonds is 3. The minimum atomic E-state index is -0.346. The monoisotopic (exact) mass is 413 g/mol. The molecule has 0 amide bonds. The maximum Gasteiger partial charge on any atom is 0.139 e. The number of nitrogens with zero attached hydrogens (tertiary/aromatic N) is 1. The topological polar surface area (TPSA) is 26.0 Å². The van der Waals surface area contributed by atoms with Crippen LogP contribution in [-0.2, 0) is 5.41 Å². The smallest absolute Gasteiger partial charge is 0.139 e. The first kappa shape index (κ1) is 18.8. The number of para-hydroxylation sites is 2. The van der Waals surface area contributed by atoms with Gasteiger partial charge in [0.05, 0.1) is 11.4 Å². The van der Waals surface area contributed by atoms with Gasteiger partial charge in [0.1, 0.15) is 11.2 Å². The summed E-state index contributed by atoms with van der Waals surface area (Å²) >= 11 is 0. The molecule has 0 bridgehead atoms. The molecule has 0 aliphatic rings. The summed E-state index contributed by atoms with van der Waals surface area (Å²) in [5, 5.41) is 4.66. The number of hydrogen-bond donors (Lipinski definition) is 0. The van der Waals surface area contributed by atoms with Crippen LogP contribution in [-0.4, -0.2) is 4.98 Å². The second-order valence-electron chi connectivity index (χ2n) is 8.85. The Morgan fingerprint density at radius 1 is 0.656 bits per heavy atom. The van der Waals surface area contributed by atoms with Crippen LogP contribution in [0.2, 0.25) is 0 Å². The number of hydrogen-bond acceptors (Lipinski definition) is 2. The van der Waals surface area contributed by atoms with Gasteiger partial charge < -0.3 is 4.42 Å². The normalized spacial score (nSPS) is 12.1. The zero-order chi connectivity index (χ0) is 21.7. The van der Waals surface area contributed by atoms with Crippen molar-refractivity contribution >= 4 is 32.7 Å². The molecule has 6 rings (SSSR count). The van der Waals surface area contributed by atoms with Crippen LogP contribution in [0.25, 0.3) is 44.0 Å². The van der Waals surface area contributed by atoms with Gasteiger partial charge in [-0.1, -0.05) is 105 Å². The van der Waals surface area contributed by atoms with Crippen LogP contribution in [0.5, 0.6) is 0 Å². The molecule has 4 aromatic carbocycles. The van der Waals surface area contributed by atoms with Crippen LogP contribution in [0.1, 0.15) is 25.1 Å². The third kappa shape index (κ3) is 2.84. The molecule has 0 fully saturated rings. The van der Waals surface area contributed by atoms with Gasteiger partial charge in [-0.05, 0) is 17.5 Å². The third-order valence-corrected chi connectivity index (χ3v) is 6.51. The quantitative estimate of drug-likeness (QED) is 0.293. The zero-order valence-electron chi connectivity index (χ0n) is 18.2. The lowest BCUT2D eigenvalue weighted by atomic mass is 9.79. The van der Waals surface area contributed by atoms with E-state index in [9.17, 15) is 0 Å². The van der Waals surface area contributed by atoms with E-state index in [1.54, 1.807) is 0 Å². The van der Waals surface area contributed by atoms with Crippen LogP contribution < -0.4 is 0 Å². The predicted octanol–water partition coefficient (Wildman–Crippen LogP) is 8.13. The molecule has 2 nitrogen and oxygen atoms in total. The van der Waals surface area contributed by atoms with E-state index < -0.39 is 0 Å². The molecular weight excluding hydrogens is 390 g/mol. The number of benzene rings is 4. The Morgan fingerprint density at radius 2 is 1.34 bits per heavy atom. The maximum absolute atomic E-state index is 6.37. The van der Waals surface area contributed by atoms with Gasteiger partial charge in [0.25, 0.3) is 0 Å². The number of fused-ring (bicyclic) bond motifs is 4. The molecular formula is C30H23NO. The molecule has 0 saturated heterocycles. The summed E-state index contributed by atoms with van der Waals surface area (Å²) in [6.07, 6.45) is 0. The van der Waals surface area contributed by atoms with Gasteiger partial charge in [-0.15, -0.1) is 0 Å². The van der Waals surface area contributed by atoms with E-state index in [1.165, 1.54) is 10.8 Å². The Kier molecular flexibility index (Phi) is 4.16. The fourth-order valence-electron chi connectivity index (χ4n) is 4.71. The number of furan rings is 1. The second-order valence-corrected chi connectivity index (χ2v) is 8.85. The summed E-state index contributed by atoms with van der Waals surface area (Å²) in [6.45, 7) is 4.47. The van der Waals surface area contributed by atoms with Gasteiger partial charge in [0.15, 0.2) is 0 Å². The van der Waals surface area contributed by atoms with Crippen molar-refractivity contribution < 1.29 is 4.42 Å². The average molecular weight is 414 g/mol. The zero-order valence-corrected chi connectivity index (χ0v) is 18.2. The molecule has 0 unspecified atom stereocenters. The van der Waals surface area contributed by atoms with Gasteiger partial charge in [0.2, 0.25) is 0 Å². The predicted molar refractivity (Wildman–Crippen MR) is 133 cm³/mol. The molecule has 0 N–H and O–H groups in total. The van der Waals surface area contributed by atoms with Gasteiger partial charge in [-0.3, -0.25) is 4.98 Å². The van der Waals surface area contributed by atoms with Gasteiger partial charge in [0, 0.05) is 32.7 Å². The second kappa shape index (κ2) is 7.06. The third-order valence-electron chi connectivity index (χ3n) is 6.51. The Hall–Kier alpha value is -3.91. The summed E-state index contributed by atoms with van der Waals surface area (Å²) in [6, 6.07) is 35.8.